The highest BCUT2D eigenvalue weighted by Gasteiger charge is 2.36. The summed E-state index contributed by atoms with van der Waals surface area (Å²) in [7, 11) is 1.67. The SMILES string of the molecule is COc1cccc(C2CCCN2C(=O)/C=C/c2ccc(C3CC3C)o2)c1. The number of hydrogen-bond donors (Lipinski definition) is 0. The molecule has 1 saturated carbocycles. The molecule has 0 radical (unpaired) electrons. The van der Waals surface area contributed by atoms with Gasteiger partial charge in [0, 0.05) is 18.5 Å². The first-order valence-electron chi connectivity index (χ1n) is 9.38. The lowest BCUT2D eigenvalue weighted by atomic mass is 10.0. The molecule has 0 spiro atoms. The summed E-state index contributed by atoms with van der Waals surface area (Å²) in [4.78, 5) is 14.7. The number of amides is 1. The van der Waals surface area contributed by atoms with Crippen molar-refractivity contribution in [2.75, 3.05) is 13.7 Å². The number of nitrogens with zero attached hydrogens (tertiary/aromatic N) is 1. The first-order valence-corrected chi connectivity index (χ1v) is 9.38. The summed E-state index contributed by atoms with van der Waals surface area (Å²) in [5.74, 6) is 3.93. The Labute approximate surface area is 154 Å². The number of ether oxygens (including phenoxy) is 1. The van der Waals surface area contributed by atoms with Gasteiger partial charge in [0.25, 0.3) is 0 Å². The standard InChI is InChI=1S/C22H25NO3/c1-15-13-19(15)21-10-8-17(26-21)9-11-22(24)23-12-4-7-20(23)16-5-3-6-18(14-16)25-2/h3,5-6,8-11,14-15,19-20H,4,7,12-13H2,1-2H3/b11-9+. The summed E-state index contributed by atoms with van der Waals surface area (Å²) >= 11 is 0. The Kier molecular flexibility index (Phi) is 4.58. The first-order chi connectivity index (χ1) is 12.7. The van der Waals surface area contributed by atoms with Crippen LogP contribution in [-0.2, 0) is 4.79 Å². The summed E-state index contributed by atoms with van der Waals surface area (Å²) in [6.45, 7) is 3.02. The van der Waals surface area contributed by atoms with Crippen LogP contribution in [0.15, 0.2) is 46.9 Å². The molecule has 26 heavy (non-hydrogen) atoms. The van der Waals surface area contributed by atoms with E-state index >= 15 is 0 Å². The molecule has 0 N–H and O–H groups in total. The molecular weight excluding hydrogens is 326 g/mol. The third kappa shape index (κ3) is 3.41. The molecular formula is C22H25NO3. The minimum absolute atomic E-state index is 0.0352. The van der Waals surface area contributed by atoms with Crippen molar-refractivity contribution in [2.45, 2.75) is 38.1 Å². The van der Waals surface area contributed by atoms with Crippen LogP contribution in [0.4, 0.5) is 0 Å². The van der Waals surface area contributed by atoms with Crippen LogP contribution in [0, 0.1) is 5.92 Å². The second kappa shape index (κ2) is 7.02. The van der Waals surface area contributed by atoms with Gasteiger partial charge in [-0.3, -0.25) is 4.79 Å². The van der Waals surface area contributed by atoms with E-state index in [-0.39, 0.29) is 11.9 Å². The highest BCUT2D eigenvalue weighted by atomic mass is 16.5. The average molecular weight is 351 g/mol. The number of benzene rings is 1. The Morgan fingerprint density at radius 2 is 2.15 bits per heavy atom. The molecule has 4 rings (SSSR count). The number of furan rings is 1. The van der Waals surface area contributed by atoms with Crippen molar-refractivity contribution < 1.29 is 13.9 Å². The van der Waals surface area contributed by atoms with E-state index < -0.39 is 0 Å². The van der Waals surface area contributed by atoms with Crippen LogP contribution >= 0.6 is 0 Å². The molecule has 4 nitrogen and oxygen atoms in total. The second-order valence-corrected chi connectivity index (χ2v) is 7.36. The Morgan fingerprint density at radius 3 is 2.92 bits per heavy atom. The van der Waals surface area contributed by atoms with Gasteiger partial charge in [0.15, 0.2) is 0 Å². The molecule has 1 amide bonds. The average Bonchev–Trinajstić information content (AvgIpc) is 3.09. The van der Waals surface area contributed by atoms with E-state index in [0.717, 1.165) is 42.2 Å². The summed E-state index contributed by atoms with van der Waals surface area (Å²) in [5, 5.41) is 0. The number of rotatable bonds is 5. The molecule has 1 aliphatic carbocycles. The lowest BCUT2D eigenvalue weighted by Gasteiger charge is -2.24. The fraction of sp³-hybridized carbons (Fsp3) is 0.409. The molecule has 0 bridgehead atoms. The number of carbonyl (C=O) groups is 1. The van der Waals surface area contributed by atoms with Crippen LogP contribution in [0.3, 0.4) is 0 Å². The van der Waals surface area contributed by atoms with Crippen LogP contribution in [-0.4, -0.2) is 24.5 Å². The molecule has 2 heterocycles. The van der Waals surface area contributed by atoms with E-state index in [1.54, 1.807) is 19.3 Å². The maximum Gasteiger partial charge on any atom is 0.247 e. The van der Waals surface area contributed by atoms with Crippen molar-refractivity contribution in [3.8, 4) is 5.75 Å². The predicted octanol–water partition coefficient (Wildman–Crippen LogP) is 4.79. The quantitative estimate of drug-likeness (QED) is 0.728. The zero-order valence-corrected chi connectivity index (χ0v) is 15.4. The van der Waals surface area contributed by atoms with Crippen molar-refractivity contribution >= 4 is 12.0 Å². The maximum absolute atomic E-state index is 12.7. The summed E-state index contributed by atoms with van der Waals surface area (Å²) < 4.78 is 11.2. The number of hydrogen-bond acceptors (Lipinski definition) is 3. The molecule has 4 heteroatoms. The molecule has 1 aliphatic heterocycles. The van der Waals surface area contributed by atoms with Gasteiger partial charge in [0.2, 0.25) is 5.91 Å². The number of likely N-dealkylation sites (tertiary alicyclic amines) is 1. The van der Waals surface area contributed by atoms with Crippen LogP contribution in [0.5, 0.6) is 5.75 Å². The lowest BCUT2D eigenvalue weighted by Crippen LogP contribution is -2.28. The van der Waals surface area contributed by atoms with Crippen LogP contribution < -0.4 is 4.74 Å². The Hall–Kier alpha value is -2.49. The van der Waals surface area contributed by atoms with E-state index in [4.69, 9.17) is 9.15 Å². The molecule has 2 aliphatic rings. The molecule has 1 aromatic heterocycles. The van der Waals surface area contributed by atoms with Crippen LogP contribution in [0.25, 0.3) is 6.08 Å². The Morgan fingerprint density at radius 1 is 1.31 bits per heavy atom. The highest BCUT2D eigenvalue weighted by molar-refractivity contribution is 5.92. The maximum atomic E-state index is 12.7. The third-order valence-electron chi connectivity index (χ3n) is 5.53. The zero-order chi connectivity index (χ0) is 18.1. The van der Waals surface area contributed by atoms with Gasteiger partial charge in [0.1, 0.15) is 17.3 Å². The normalized spacial score (nSPS) is 25.0. The largest absolute Gasteiger partial charge is 0.497 e. The van der Waals surface area contributed by atoms with Crippen molar-refractivity contribution in [1.29, 1.82) is 0 Å². The van der Waals surface area contributed by atoms with Gasteiger partial charge >= 0.3 is 0 Å². The predicted molar refractivity (Wildman–Crippen MR) is 101 cm³/mol. The van der Waals surface area contributed by atoms with Gasteiger partial charge in [-0.2, -0.15) is 0 Å². The Bertz CT molecular complexity index is 822. The molecule has 1 aromatic carbocycles. The van der Waals surface area contributed by atoms with E-state index in [9.17, 15) is 4.79 Å². The third-order valence-corrected chi connectivity index (χ3v) is 5.53. The molecule has 2 aromatic rings. The zero-order valence-electron chi connectivity index (χ0n) is 15.4. The summed E-state index contributed by atoms with van der Waals surface area (Å²) in [5.41, 5.74) is 1.13. The molecule has 3 unspecified atom stereocenters. The van der Waals surface area contributed by atoms with E-state index in [1.165, 1.54) is 6.42 Å². The fourth-order valence-corrected chi connectivity index (χ4v) is 3.85. The van der Waals surface area contributed by atoms with Crippen LogP contribution in [0.2, 0.25) is 0 Å². The van der Waals surface area contributed by atoms with Gasteiger partial charge in [-0.25, -0.2) is 0 Å². The fourth-order valence-electron chi connectivity index (χ4n) is 3.85. The summed E-state index contributed by atoms with van der Waals surface area (Å²) in [6.07, 6.45) is 6.63. The van der Waals surface area contributed by atoms with E-state index in [1.807, 2.05) is 35.2 Å². The monoisotopic (exact) mass is 351 g/mol. The number of carbonyl (C=O) groups excluding carboxylic acids is 1. The minimum atomic E-state index is 0.0352. The van der Waals surface area contributed by atoms with Gasteiger partial charge in [-0.15, -0.1) is 0 Å². The molecule has 2 fully saturated rings. The summed E-state index contributed by atoms with van der Waals surface area (Å²) in [6, 6.07) is 12.1. The van der Waals surface area contributed by atoms with Crippen molar-refractivity contribution in [2.24, 2.45) is 5.92 Å². The lowest BCUT2D eigenvalue weighted by molar-refractivity contribution is -0.126. The topological polar surface area (TPSA) is 42.7 Å². The van der Waals surface area contributed by atoms with Gasteiger partial charge in [-0.05, 0) is 61.1 Å². The molecule has 1 saturated heterocycles. The molecule has 3 atom stereocenters. The minimum Gasteiger partial charge on any atom is -0.497 e. The van der Waals surface area contributed by atoms with Gasteiger partial charge in [-0.1, -0.05) is 19.1 Å². The van der Waals surface area contributed by atoms with Crippen molar-refractivity contribution in [3.05, 3.63) is 59.6 Å². The van der Waals surface area contributed by atoms with Crippen molar-refractivity contribution in [1.82, 2.24) is 4.90 Å². The number of methoxy groups -OCH3 is 1. The van der Waals surface area contributed by atoms with E-state index in [0.29, 0.717) is 11.8 Å². The van der Waals surface area contributed by atoms with Crippen LogP contribution in [0.1, 0.15) is 55.2 Å². The van der Waals surface area contributed by atoms with Crippen molar-refractivity contribution in [3.63, 3.8) is 0 Å². The highest BCUT2D eigenvalue weighted by Crippen LogP contribution is 2.47. The first kappa shape index (κ1) is 17.0. The smallest absolute Gasteiger partial charge is 0.247 e. The molecule has 136 valence electrons. The van der Waals surface area contributed by atoms with Gasteiger partial charge in [0.05, 0.1) is 13.2 Å². The Balaban J connectivity index is 1.45. The second-order valence-electron chi connectivity index (χ2n) is 7.36. The van der Waals surface area contributed by atoms with E-state index in [2.05, 4.69) is 13.0 Å². The van der Waals surface area contributed by atoms with Gasteiger partial charge < -0.3 is 14.1 Å².